The van der Waals surface area contributed by atoms with Crippen LogP contribution in [-0.4, -0.2) is 31.0 Å². The first-order valence-corrected chi connectivity index (χ1v) is 8.66. The molecule has 0 aromatic rings. The van der Waals surface area contributed by atoms with E-state index in [2.05, 4.69) is 6.92 Å². The predicted molar refractivity (Wildman–Crippen MR) is 80.6 cm³/mol. The van der Waals surface area contributed by atoms with Gasteiger partial charge in [0.2, 0.25) is 0 Å². The summed E-state index contributed by atoms with van der Waals surface area (Å²) in [5, 5.41) is 0. The minimum atomic E-state index is 0.0841. The van der Waals surface area contributed by atoms with Crippen LogP contribution in [0.4, 0.5) is 0 Å². The summed E-state index contributed by atoms with van der Waals surface area (Å²) < 4.78 is 11.7. The third kappa shape index (κ3) is 2.90. The first-order valence-electron chi connectivity index (χ1n) is 8.66. The molecule has 3 rings (SSSR count). The third-order valence-electron chi connectivity index (χ3n) is 6.32. The van der Waals surface area contributed by atoms with E-state index in [9.17, 15) is 0 Å². The zero-order valence-corrected chi connectivity index (χ0v) is 13.0. The fourth-order valence-electron chi connectivity index (χ4n) is 4.64. The average molecular weight is 281 g/mol. The molecule has 0 aromatic heterocycles. The molecule has 0 amide bonds. The van der Waals surface area contributed by atoms with Gasteiger partial charge in [0.05, 0.1) is 5.60 Å². The number of nitrogens with two attached hydrogens (primary N) is 1. The first-order chi connectivity index (χ1) is 9.66. The van der Waals surface area contributed by atoms with Crippen LogP contribution in [0.3, 0.4) is 0 Å². The second-order valence-corrected chi connectivity index (χ2v) is 7.42. The zero-order chi connectivity index (χ0) is 14.1. The van der Waals surface area contributed by atoms with Gasteiger partial charge in [0.25, 0.3) is 0 Å². The van der Waals surface area contributed by atoms with E-state index in [1.807, 2.05) is 0 Å². The quantitative estimate of drug-likeness (QED) is 0.845. The van der Waals surface area contributed by atoms with E-state index in [1.165, 1.54) is 38.5 Å². The second kappa shape index (κ2) is 5.94. The summed E-state index contributed by atoms with van der Waals surface area (Å²) in [7, 11) is 0. The fourth-order valence-corrected chi connectivity index (χ4v) is 4.64. The molecule has 3 aliphatic rings. The van der Waals surface area contributed by atoms with Crippen molar-refractivity contribution in [1.29, 1.82) is 0 Å². The average Bonchev–Trinajstić information content (AvgIpc) is 2.49. The summed E-state index contributed by atoms with van der Waals surface area (Å²) >= 11 is 0. The molecule has 2 N–H and O–H groups in total. The van der Waals surface area contributed by atoms with Crippen molar-refractivity contribution in [3.8, 4) is 0 Å². The molecule has 116 valence electrons. The molecular formula is C17H31NO2. The van der Waals surface area contributed by atoms with E-state index in [0.717, 1.165) is 45.0 Å². The smallest absolute Gasteiger partial charge is 0.0729 e. The lowest BCUT2D eigenvalue weighted by molar-refractivity contribution is -0.156. The van der Waals surface area contributed by atoms with Crippen molar-refractivity contribution in [3.63, 3.8) is 0 Å². The molecule has 2 aliphatic heterocycles. The molecule has 1 atom stereocenters. The van der Waals surface area contributed by atoms with Gasteiger partial charge in [0.1, 0.15) is 0 Å². The van der Waals surface area contributed by atoms with Crippen molar-refractivity contribution in [3.05, 3.63) is 0 Å². The summed E-state index contributed by atoms with van der Waals surface area (Å²) in [6.45, 7) is 4.95. The van der Waals surface area contributed by atoms with Gasteiger partial charge in [-0.15, -0.1) is 0 Å². The number of ether oxygens (including phenoxy) is 2. The van der Waals surface area contributed by atoms with Gasteiger partial charge in [-0.05, 0) is 63.2 Å². The van der Waals surface area contributed by atoms with E-state index in [1.54, 1.807) is 0 Å². The Morgan fingerprint density at radius 1 is 1.00 bits per heavy atom. The maximum Gasteiger partial charge on any atom is 0.0729 e. The van der Waals surface area contributed by atoms with E-state index in [-0.39, 0.29) is 11.1 Å². The highest BCUT2D eigenvalue weighted by atomic mass is 16.5. The van der Waals surface area contributed by atoms with E-state index < -0.39 is 0 Å². The Morgan fingerprint density at radius 3 is 2.35 bits per heavy atom. The van der Waals surface area contributed by atoms with Crippen molar-refractivity contribution >= 4 is 0 Å². The van der Waals surface area contributed by atoms with Gasteiger partial charge < -0.3 is 15.2 Å². The number of rotatable bonds is 2. The molecule has 0 bridgehead atoms. The largest absolute Gasteiger partial charge is 0.381 e. The van der Waals surface area contributed by atoms with Crippen LogP contribution in [0, 0.1) is 11.8 Å². The highest BCUT2D eigenvalue weighted by Crippen LogP contribution is 2.45. The molecule has 2 saturated heterocycles. The Bertz CT molecular complexity index is 311. The van der Waals surface area contributed by atoms with Crippen LogP contribution in [0.5, 0.6) is 0 Å². The monoisotopic (exact) mass is 281 g/mol. The highest BCUT2D eigenvalue weighted by Gasteiger charge is 2.46. The van der Waals surface area contributed by atoms with Crippen LogP contribution >= 0.6 is 0 Å². The molecule has 0 aromatic carbocycles. The van der Waals surface area contributed by atoms with Crippen molar-refractivity contribution < 1.29 is 9.47 Å². The molecule has 3 fully saturated rings. The van der Waals surface area contributed by atoms with Crippen LogP contribution in [0.2, 0.25) is 0 Å². The zero-order valence-electron chi connectivity index (χ0n) is 13.0. The van der Waals surface area contributed by atoms with Gasteiger partial charge in [-0.1, -0.05) is 13.3 Å². The molecule has 1 aliphatic carbocycles. The molecule has 1 unspecified atom stereocenters. The minimum absolute atomic E-state index is 0.0841. The molecule has 20 heavy (non-hydrogen) atoms. The van der Waals surface area contributed by atoms with E-state index >= 15 is 0 Å². The molecule has 1 spiro atoms. The van der Waals surface area contributed by atoms with Gasteiger partial charge in [-0.2, -0.15) is 0 Å². The minimum Gasteiger partial charge on any atom is -0.381 e. The Balaban J connectivity index is 1.64. The predicted octanol–water partition coefficient (Wildman–Crippen LogP) is 3.26. The number of hydrogen-bond donors (Lipinski definition) is 1. The van der Waals surface area contributed by atoms with Gasteiger partial charge in [0.15, 0.2) is 0 Å². The van der Waals surface area contributed by atoms with Gasteiger partial charge in [-0.25, -0.2) is 0 Å². The Labute approximate surface area is 123 Å². The maximum absolute atomic E-state index is 6.85. The van der Waals surface area contributed by atoms with Crippen LogP contribution in [0.25, 0.3) is 0 Å². The lowest BCUT2D eigenvalue weighted by atomic mass is 9.64. The third-order valence-corrected chi connectivity index (χ3v) is 6.32. The van der Waals surface area contributed by atoms with Crippen molar-refractivity contribution in [2.24, 2.45) is 17.6 Å². The van der Waals surface area contributed by atoms with E-state index in [0.29, 0.717) is 5.92 Å². The van der Waals surface area contributed by atoms with Crippen LogP contribution < -0.4 is 5.73 Å². The molecule has 3 heteroatoms. The fraction of sp³-hybridized carbons (Fsp3) is 1.00. The van der Waals surface area contributed by atoms with Crippen LogP contribution in [0.15, 0.2) is 0 Å². The Kier molecular flexibility index (Phi) is 4.40. The number of hydrogen-bond acceptors (Lipinski definition) is 3. The van der Waals surface area contributed by atoms with Crippen LogP contribution in [-0.2, 0) is 9.47 Å². The first kappa shape index (κ1) is 14.8. The Morgan fingerprint density at radius 2 is 1.70 bits per heavy atom. The summed E-state index contributed by atoms with van der Waals surface area (Å²) in [6, 6.07) is 0. The molecule has 3 nitrogen and oxygen atoms in total. The van der Waals surface area contributed by atoms with Crippen molar-refractivity contribution in [1.82, 2.24) is 0 Å². The van der Waals surface area contributed by atoms with Crippen molar-refractivity contribution in [2.75, 3.05) is 19.8 Å². The normalized spacial score (nSPS) is 41.7. The van der Waals surface area contributed by atoms with E-state index in [4.69, 9.17) is 15.2 Å². The summed E-state index contributed by atoms with van der Waals surface area (Å²) in [5.74, 6) is 1.58. The van der Waals surface area contributed by atoms with Crippen molar-refractivity contribution in [2.45, 2.75) is 75.9 Å². The molecule has 1 saturated carbocycles. The molecular weight excluding hydrogens is 250 g/mol. The van der Waals surface area contributed by atoms with Crippen LogP contribution in [0.1, 0.15) is 64.7 Å². The topological polar surface area (TPSA) is 44.5 Å². The van der Waals surface area contributed by atoms with Gasteiger partial charge in [0, 0.05) is 25.4 Å². The van der Waals surface area contributed by atoms with Gasteiger partial charge >= 0.3 is 0 Å². The highest BCUT2D eigenvalue weighted by molar-refractivity contribution is 5.01. The standard InChI is InChI=1S/C17H31NO2/c1-2-14-3-6-17(18,7-4-14)15-5-10-20-16(13-15)8-11-19-12-9-16/h14-15H,2-13,18H2,1H3. The Hall–Kier alpha value is -0.120. The molecule has 2 heterocycles. The van der Waals surface area contributed by atoms with Gasteiger partial charge in [-0.3, -0.25) is 0 Å². The lowest BCUT2D eigenvalue weighted by Crippen LogP contribution is -2.56. The molecule has 0 radical (unpaired) electrons. The summed E-state index contributed by atoms with van der Waals surface area (Å²) in [5.41, 5.74) is 7.03. The second-order valence-electron chi connectivity index (χ2n) is 7.42. The maximum atomic E-state index is 6.85. The lowest BCUT2D eigenvalue weighted by Gasteiger charge is -2.50. The SMILES string of the molecule is CCC1CCC(N)(C2CCOC3(CCOCC3)C2)CC1. The summed E-state index contributed by atoms with van der Waals surface area (Å²) in [6.07, 6.45) is 10.9. The summed E-state index contributed by atoms with van der Waals surface area (Å²) in [4.78, 5) is 0.